The molecule has 1 rings (SSSR count). The Morgan fingerprint density at radius 3 is 1.71 bits per heavy atom. The molecule has 2 nitrogen and oxygen atoms in total. The molecule has 0 unspecified atom stereocenters. The van der Waals surface area contributed by atoms with Gasteiger partial charge in [0, 0.05) is 12.6 Å². The van der Waals surface area contributed by atoms with Crippen molar-refractivity contribution in [1.29, 1.82) is 0 Å². The van der Waals surface area contributed by atoms with E-state index in [0.717, 1.165) is 12.8 Å². The summed E-state index contributed by atoms with van der Waals surface area (Å²) in [6.07, 6.45) is 1.62. The van der Waals surface area contributed by atoms with Crippen LogP contribution < -0.4 is 5.73 Å². The molecule has 0 aliphatic rings. The van der Waals surface area contributed by atoms with Crippen LogP contribution >= 0.6 is 0 Å². The van der Waals surface area contributed by atoms with Crippen LogP contribution in [0.5, 0.6) is 0 Å². The highest BCUT2D eigenvalue weighted by molar-refractivity contribution is 5.50. The summed E-state index contributed by atoms with van der Waals surface area (Å²) in [6.45, 7) is 11.0. The van der Waals surface area contributed by atoms with Crippen LogP contribution in [0.25, 0.3) is 0 Å². The first-order valence-corrected chi connectivity index (χ1v) is 6.35. The van der Waals surface area contributed by atoms with E-state index < -0.39 is 0 Å². The molecule has 0 amide bonds. The van der Waals surface area contributed by atoms with Crippen LogP contribution in [-0.4, -0.2) is 11.7 Å². The first kappa shape index (κ1) is 14.2. The first-order valence-electron chi connectivity index (χ1n) is 6.35. The molecule has 0 spiro atoms. The van der Waals surface area contributed by atoms with Crippen molar-refractivity contribution in [2.75, 3.05) is 6.61 Å². The largest absolute Gasteiger partial charge is 0.396 e. The van der Waals surface area contributed by atoms with E-state index in [2.05, 4.69) is 34.6 Å². The van der Waals surface area contributed by atoms with Crippen molar-refractivity contribution in [2.45, 2.75) is 53.5 Å². The number of benzene rings is 1. The lowest BCUT2D eigenvalue weighted by molar-refractivity contribution is 0.280. The smallest absolute Gasteiger partial charge is 0.0431 e. The summed E-state index contributed by atoms with van der Waals surface area (Å²) < 4.78 is 0. The minimum absolute atomic E-state index is 0.0418. The van der Waals surface area contributed by atoms with E-state index in [1.54, 1.807) is 0 Å². The molecule has 0 saturated heterocycles. The Labute approximate surface area is 105 Å². The van der Waals surface area contributed by atoms with Gasteiger partial charge >= 0.3 is 0 Å². The molecule has 0 radical (unpaired) electrons. The molecule has 0 aliphatic carbocycles. The number of rotatable bonds is 4. The maximum atomic E-state index is 8.90. The Kier molecular flexibility index (Phi) is 4.72. The van der Waals surface area contributed by atoms with Crippen molar-refractivity contribution >= 4 is 0 Å². The van der Waals surface area contributed by atoms with Gasteiger partial charge in [0.2, 0.25) is 0 Å². The zero-order chi connectivity index (χ0) is 13.2. The molecule has 1 aromatic carbocycles. The Morgan fingerprint density at radius 2 is 1.29 bits per heavy atom. The monoisotopic (exact) mass is 235 g/mol. The maximum Gasteiger partial charge on any atom is 0.0431 e. The molecule has 2 heteroatoms. The van der Waals surface area contributed by atoms with Gasteiger partial charge in [0.15, 0.2) is 0 Å². The van der Waals surface area contributed by atoms with Gasteiger partial charge in [-0.05, 0) is 80.8 Å². The van der Waals surface area contributed by atoms with E-state index in [9.17, 15) is 0 Å². The van der Waals surface area contributed by atoms with Gasteiger partial charge in [0.1, 0.15) is 0 Å². The van der Waals surface area contributed by atoms with Gasteiger partial charge in [-0.25, -0.2) is 0 Å². The van der Waals surface area contributed by atoms with Crippen molar-refractivity contribution in [1.82, 2.24) is 0 Å². The molecule has 0 aliphatic heterocycles. The highest BCUT2D eigenvalue weighted by Crippen LogP contribution is 2.31. The maximum absolute atomic E-state index is 8.90. The lowest BCUT2D eigenvalue weighted by Gasteiger charge is -2.23. The van der Waals surface area contributed by atoms with Crippen molar-refractivity contribution in [3.05, 3.63) is 33.4 Å². The van der Waals surface area contributed by atoms with Crippen LogP contribution in [0.4, 0.5) is 0 Å². The van der Waals surface area contributed by atoms with Crippen LogP contribution in [0, 0.1) is 34.6 Å². The summed E-state index contributed by atoms with van der Waals surface area (Å²) >= 11 is 0. The zero-order valence-electron chi connectivity index (χ0n) is 11.7. The van der Waals surface area contributed by atoms with Crippen LogP contribution in [0.1, 0.15) is 52.3 Å². The first-order chi connectivity index (χ1) is 7.91. The fraction of sp³-hybridized carbons (Fsp3) is 0.600. The lowest BCUT2D eigenvalue weighted by Crippen LogP contribution is -2.16. The molecule has 0 heterocycles. The third-order valence-corrected chi connectivity index (χ3v) is 4.10. The number of hydrogen-bond donors (Lipinski definition) is 2. The summed E-state index contributed by atoms with van der Waals surface area (Å²) in [5.41, 5.74) is 14.2. The van der Waals surface area contributed by atoms with E-state index in [1.807, 2.05) is 0 Å². The normalized spacial score (nSPS) is 12.9. The second-order valence-corrected chi connectivity index (χ2v) is 5.01. The lowest BCUT2D eigenvalue weighted by atomic mass is 9.85. The Hall–Kier alpha value is -0.860. The Bertz CT molecular complexity index is 381. The van der Waals surface area contributed by atoms with Crippen molar-refractivity contribution in [2.24, 2.45) is 5.73 Å². The number of hydrogen-bond acceptors (Lipinski definition) is 2. The van der Waals surface area contributed by atoms with E-state index in [-0.39, 0.29) is 12.6 Å². The molecule has 3 N–H and O–H groups in total. The number of aliphatic hydroxyl groups is 1. The number of aliphatic hydroxyl groups excluding tert-OH is 1. The van der Waals surface area contributed by atoms with Gasteiger partial charge in [-0.3, -0.25) is 0 Å². The van der Waals surface area contributed by atoms with Gasteiger partial charge in [-0.1, -0.05) is 0 Å². The standard InChI is InChI=1S/C15H25NO/c1-9-10(2)12(4)15(13(5)11(9)3)14(16)7-6-8-17/h14,17H,6-8,16H2,1-5H3/t14-/m0/s1. The summed E-state index contributed by atoms with van der Waals surface area (Å²) in [7, 11) is 0. The molecular weight excluding hydrogens is 210 g/mol. The summed E-state index contributed by atoms with van der Waals surface area (Å²) in [4.78, 5) is 0. The second kappa shape index (κ2) is 5.65. The van der Waals surface area contributed by atoms with Gasteiger partial charge in [0.25, 0.3) is 0 Å². The Morgan fingerprint density at radius 1 is 0.882 bits per heavy atom. The van der Waals surface area contributed by atoms with Gasteiger partial charge < -0.3 is 10.8 Å². The van der Waals surface area contributed by atoms with Crippen LogP contribution in [0.3, 0.4) is 0 Å². The Balaban J connectivity index is 3.24. The van der Waals surface area contributed by atoms with E-state index in [0.29, 0.717) is 0 Å². The molecular formula is C15H25NO. The van der Waals surface area contributed by atoms with Gasteiger partial charge in [-0.15, -0.1) is 0 Å². The predicted octanol–water partition coefficient (Wildman–Crippen LogP) is 3.00. The second-order valence-electron chi connectivity index (χ2n) is 5.01. The van der Waals surface area contributed by atoms with Gasteiger partial charge in [0.05, 0.1) is 0 Å². The molecule has 96 valence electrons. The van der Waals surface area contributed by atoms with E-state index in [1.165, 1.54) is 33.4 Å². The predicted molar refractivity (Wildman–Crippen MR) is 73.4 cm³/mol. The van der Waals surface area contributed by atoms with Crippen LogP contribution in [0.15, 0.2) is 0 Å². The molecule has 0 saturated carbocycles. The van der Waals surface area contributed by atoms with Crippen molar-refractivity contribution < 1.29 is 5.11 Å². The summed E-state index contributed by atoms with van der Waals surface area (Å²) in [5.74, 6) is 0. The molecule has 0 bridgehead atoms. The van der Waals surface area contributed by atoms with Gasteiger partial charge in [-0.2, -0.15) is 0 Å². The summed E-state index contributed by atoms with van der Waals surface area (Å²) in [6, 6.07) is 0.0418. The fourth-order valence-electron chi connectivity index (χ4n) is 2.54. The fourth-order valence-corrected chi connectivity index (χ4v) is 2.54. The zero-order valence-corrected chi connectivity index (χ0v) is 11.7. The summed E-state index contributed by atoms with van der Waals surface area (Å²) in [5, 5.41) is 8.90. The quantitative estimate of drug-likeness (QED) is 0.842. The average Bonchev–Trinajstić information content (AvgIpc) is 2.31. The third-order valence-electron chi connectivity index (χ3n) is 4.10. The molecule has 17 heavy (non-hydrogen) atoms. The van der Waals surface area contributed by atoms with Crippen LogP contribution in [-0.2, 0) is 0 Å². The highest BCUT2D eigenvalue weighted by Gasteiger charge is 2.17. The SMILES string of the molecule is Cc1c(C)c(C)c([C@@H](N)CCCO)c(C)c1C. The minimum atomic E-state index is 0.0418. The minimum Gasteiger partial charge on any atom is -0.396 e. The van der Waals surface area contributed by atoms with E-state index in [4.69, 9.17) is 10.8 Å². The number of nitrogens with two attached hydrogens (primary N) is 1. The molecule has 1 aromatic rings. The molecule has 0 fully saturated rings. The third kappa shape index (κ3) is 2.70. The molecule has 1 atom stereocenters. The van der Waals surface area contributed by atoms with Crippen LogP contribution in [0.2, 0.25) is 0 Å². The topological polar surface area (TPSA) is 46.2 Å². The average molecular weight is 235 g/mol. The van der Waals surface area contributed by atoms with E-state index >= 15 is 0 Å². The van der Waals surface area contributed by atoms with Crippen molar-refractivity contribution in [3.63, 3.8) is 0 Å². The van der Waals surface area contributed by atoms with Crippen molar-refractivity contribution in [3.8, 4) is 0 Å². The molecule has 0 aromatic heterocycles. The highest BCUT2D eigenvalue weighted by atomic mass is 16.2.